The van der Waals surface area contributed by atoms with E-state index in [4.69, 9.17) is 23.7 Å². The topological polar surface area (TPSA) is 195 Å². The monoisotopic (exact) mass is 928 g/mol. The van der Waals surface area contributed by atoms with Crippen LogP contribution < -0.4 is 0 Å². The van der Waals surface area contributed by atoms with E-state index in [1.165, 1.54) is 12.0 Å². The minimum absolute atomic E-state index is 0.0702. The van der Waals surface area contributed by atoms with E-state index in [2.05, 4.69) is 13.0 Å². The Kier molecular flexibility index (Phi) is 21.6. The summed E-state index contributed by atoms with van der Waals surface area (Å²) in [6, 6.07) is -1.14. The number of methoxy groups -OCH3 is 3. The Morgan fingerprint density at radius 2 is 1.59 bits per heavy atom. The molecule has 14 heteroatoms. The van der Waals surface area contributed by atoms with Crippen molar-refractivity contribution >= 4 is 29.2 Å². The van der Waals surface area contributed by atoms with Crippen molar-refractivity contribution in [3.05, 3.63) is 47.6 Å². The summed E-state index contributed by atoms with van der Waals surface area (Å²) in [6.45, 7) is 12.8. The van der Waals surface area contributed by atoms with Crippen LogP contribution in [0.4, 0.5) is 0 Å². The Hall–Kier alpha value is -3.37. The molecule has 4 rings (SSSR count). The maximum absolute atomic E-state index is 14.4. The number of esters is 1. The summed E-state index contributed by atoms with van der Waals surface area (Å²) >= 11 is 0. The van der Waals surface area contributed by atoms with Gasteiger partial charge in [-0.05, 0) is 113 Å². The van der Waals surface area contributed by atoms with E-state index in [1.54, 1.807) is 41.1 Å². The molecule has 3 N–H and O–H groups in total. The first-order chi connectivity index (χ1) is 31.3. The van der Waals surface area contributed by atoms with Gasteiger partial charge in [-0.1, -0.05) is 71.1 Å². The van der Waals surface area contributed by atoms with Crippen LogP contribution >= 0.6 is 0 Å². The molecule has 372 valence electrons. The number of hydrogen-bond acceptors (Lipinski definition) is 13. The highest BCUT2D eigenvalue weighted by Gasteiger charge is 2.53. The fourth-order valence-corrected chi connectivity index (χ4v) is 10.3. The number of rotatable bonds is 7. The first-order valence-electron chi connectivity index (χ1n) is 24.5. The zero-order valence-electron chi connectivity index (χ0n) is 41.3. The summed E-state index contributed by atoms with van der Waals surface area (Å²) in [5, 5.41) is 33.9. The van der Waals surface area contributed by atoms with Crippen molar-refractivity contribution < 1.29 is 63.0 Å². The number of hydrogen-bond donors (Lipinski definition) is 3. The predicted molar refractivity (Wildman–Crippen MR) is 250 cm³/mol. The number of fused-ring (bicyclic) bond motifs is 3. The van der Waals surface area contributed by atoms with Gasteiger partial charge >= 0.3 is 5.97 Å². The predicted octanol–water partition coefficient (Wildman–Crippen LogP) is 6.57. The van der Waals surface area contributed by atoms with Crippen molar-refractivity contribution in [1.82, 2.24) is 4.90 Å². The average molecular weight is 928 g/mol. The summed E-state index contributed by atoms with van der Waals surface area (Å²) in [4.78, 5) is 72.0. The van der Waals surface area contributed by atoms with Gasteiger partial charge in [0.1, 0.15) is 30.1 Å². The van der Waals surface area contributed by atoms with Crippen LogP contribution in [0.3, 0.4) is 0 Å². The van der Waals surface area contributed by atoms with Crippen molar-refractivity contribution in [2.45, 2.75) is 186 Å². The first kappa shape index (κ1) is 55.2. The molecule has 4 aliphatic rings. The summed E-state index contributed by atoms with van der Waals surface area (Å²) in [5.74, 6) is -7.89. The number of ketones is 3. The van der Waals surface area contributed by atoms with Crippen LogP contribution in [0.2, 0.25) is 0 Å². The summed E-state index contributed by atoms with van der Waals surface area (Å²) < 4.78 is 29.4. The van der Waals surface area contributed by atoms with Gasteiger partial charge in [0.15, 0.2) is 5.78 Å². The molecule has 66 heavy (non-hydrogen) atoms. The maximum atomic E-state index is 14.4. The zero-order chi connectivity index (χ0) is 48.9. The third-order valence-corrected chi connectivity index (χ3v) is 14.9. The van der Waals surface area contributed by atoms with Crippen molar-refractivity contribution in [2.24, 2.45) is 35.5 Å². The minimum Gasteiger partial charge on any atom is -0.460 e. The van der Waals surface area contributed by atoms with Crippen LogP contribution in [-0.2, 0) is 47.7 Å². The van der Waals surface area contributed by atoms with E-state index >= 15 is 0 Å². The summed E-state index contributed by atoms with van der Waals surface area (Å²) in [6.07, 6.45) is 12.1. The van der Waals surface area contributed by atoms with Gasteiger partial charge in [0.05, 0.1) is 24.4 Å². The highest BCUT2D eigenvalue weighted by Crippen LogP contribution is 2.38. The number of carbonyl (C=O) groups is 5. The van der Waals surface area contributed by atoms with Crippen LogP contribution in [0.1, 0.15) is 132 Å². The van der Waals surface area contributed by atoms with Crippen LogP contribution in [-0.4, -0.2) is 132 Å². The fourth-order valence-electron chi connectivity index (χ4n) is 10.3. The van der Waals surface area contributed by atoms with E-state index < -0.39 is 83.9 Å². The second-order valence-electron chi connectivity index (χ2n) is 19.8. The van der Waals surface area contributed by atoms with Gasteiger partial charge in [0.2, 0.25) is 5.79 Å². The van der Waals surface area contributed by atoms with Crippen LogP contribution in [0, 0.1) is 35.5 Å². The number of ether oxygens (including phenoxy) is 5. The minimum atomic E-state index is -2.43. The summed E-state index contributed by atoms with van der Waals surface area (Å²) in [7, 11) is 4.53. The molecule has 14 nitrogen and oxygen atoms in total. The lowest BCUT2D eigenvalue weighted by molar-refractivity contribution is -0.265. The molecule has 0 spiro atoms. The molecule has 3 heterocycles. The standard InChI is InChI=1S/C52H81NO13/c1-11-37-18-14-12-13-17-31(2)43(62-8)29-39-22-20-36(7)52(61,66-39)49(58)50(59)53-24-16-15-19-40(53)51(60)65-44(33(4)26-38-21-23-41(54)45(28-38)63-9)30-42(55)32(3)25-34(5)46(56)48(64-10)47(57)35(6)27-37/h12-14,17-18,25,32-33,35-41,43-46,48,54,56,61H,11,15-16,19-24,26-30H2,1-10H3/b13-12?,18-14-,31-17?,34-25-/t32-,33-,35+,36-,37-,38+,39-,40?,41-,43+,44+,45-,46+,48-,52-/m1/s1. The number of amides is 1. The quantitative estimate of drug-likeness (QED) is 0.141. The van der Waals surface area contributed by atoms with E-state index in [0.29, 0.717) is 63.4 Å². The molecule has 1 unspecified atom stereocenters. The van der Waals surface area contributed by atoms with E-state index in [9.17, 15) is 39.3 Å². The van der Waals surface area contributed by atoms with Gasteiger partial charge in [0.25, 0.3) is 11.7 Å². The van der Waals surface area contributed by atoms with Gasteiger partial charge in [-0.25, -0.2) is 4.79 Å². The molecule has 0 radical (unpaired) electrons. The van der Waals surface area contributed by atoms with Gasteiger partial charge in [-0.2, -0.15) is 0 Å². The molecule has 2 saturated heterocycles. The van der Waals surface area contributed by atoms with Crippen molar-refractivity contribution in [3.8, 4) is 0 Å². The number of carbonyl (C=O) groups excluding carboxylic acids is 5. The molecule has 1 amide bonds. The van der Waals surface area contributed by atoms with E-state index in [1.807, 2.05) is 45.1 Å². The van der Waals surface area contributed by atoms with Crippen molar-refractivity contribution in [3.63, 3.8) is 0 Å². The molecular weight excluding hydrogens is 847 g/mol. The largest absolute Gasteiger partial charge is 0.460 e. The Labute approximate surface area is 393 Å². The third kappa shape index (κ3) is 14.3. The second kappa shape index (κ2) is 25.8. The molecule has 0 aromatic carbocycles. The molecular formula is C52H81NO13. The first-order valence-corrected chi connectivity index (χ1v) is 24.5. The van der Waals surface area contributed by atoms with Gasteiger partial charge in [-0.3, -0.25) is 19.2 Å². The lowest BCUT2D eigenvalue weighted by Gasteiger charge is -2.42. The van der Waals surface area contributed by atoms with Crippen LogP contribution in [0.5, 0.6) is 0 Å². The van der Waals surface area contributed by atoms with Gasteiger partial charge < -0.3 is 43.9 Å². The molecule has 3 aliphatic heterocycles. The molecule has 3 fully saturated rings. The van der Waals surface area contributed by atoms with Crippen molar-refractivity contribution in [1.29, 1.82) is 0 Å². The Balaban J connectivity index is 1.71. The number of nitrogens with zero attached hydrogens (tertiary/aromatic N) is 1. The van der Waals surface area contributed by atoms with Crippen LogP contribution in [0.15, 0.2) is 47.6 Å². The number of aliphatic hydroxyl groups excluding tert-OH is 2. The number of allylic oxidation sites excluding steroid dienone is 6. The molecule has 1 saturated carbocycles. The maximum Gasteiger partial charge on any atom is 0.329 e. The molecule has 15 atom stereocenters. The van der Waals surface area contributed by atoms with Crippen molar-refractivity contribution in [2.75, 3.05) is 27.9 Å². The lowest BCUT2D eigenvalue weighted by Crippen LogP contribution is -2.61. The number of cyclic esters (lactones) is 1. The smallest absolute Gasteiger partial charge is 0.329 e. The van der Waals surface area contributed by atoms with Crippen LogP contribution in [0.25, 0.3) is 0 Å². The average Bonchev–Trinajstić information content (AvgIpc) is 3.30. The summed E-state index contributed by atoms with van der Waals surface area (Å²) in [5.41, 5.74) is 1.27. The highest BCUT2D eigenvalue weighted by atomic mass is 16.6. The number of piperidine rings is 1. The lowest BCUT2D eigenvalue weighted by atomic mass is 9.78. The van der Waals surface area contributed by atoms with Gasteiger partial charge in [0, 0.05) is 58.5 Å². The molecule has 0 aromatic rings. The van der Waals surface area contributed by atoms with Gasteiger partial charge in [-0.15, -0.1) is 0 Å². The van der Waals surface area contributed by atoms with E-state index in [-0.39, 0.29) is 54.8 Å². The Morgan fingerprint density at radius 3 is 2.26 bits per heavy atom. The van der Waals surface area contributed by atoms with E-state index in [0.717, 1.165) is 18.4 Å². The number of aliphatic hydroxyl groups is 3. The zero-order valence-corrected chi connectivity index (χ0v) is 41.3. The third-order valence-electron chi connectivity index (χ3n) is 14.9. The SMILES string of the molecule is CC[C@@H]1/C=C\C=CC=C(C)[C@@H](OC)C[C@H]2CC[C@@H](C)[C@@](O)(O2)C(=O)C(=O)N2CCCCC2C(=O)O[C@H]([C@H](C)C[C@@H]2CC[C@@H](O)[C@H](OC)C2)CC(=O)[C@H](C)/C=C(/C)[C@H](O)[C@@H](OC)C(=O)[C@@H](C)C1. The highest BCUT2D eigenvalue weighted by molar-refractivity contribution is 6.39. The second-order valence-corrected chi connectivity index (χ2v) is 19.8. The molecule has 0 aromatic heterocycles. The Morgan fingerprint density at radius 1 is 0.864 bits per heavy atom. The molecule has 2 bridgehead atoms. The Bertz CT molecular complexity index is 1770. The normalized spacial score (nSPS) is 38.7. The molecule has 1 aliphatic carbocycles. The number of Topliss-reactive ketones (excluding diaryl/α,β-unsaturated/α-hetero) is 3. The fraction of sp³-hybridized carbons (Fsp3) is 0.750.